The van der Waals surface area contributed by atoms with Gasteiger partial charge in [-0.25, -0.2) is 13.2 Å². The fraction of sp³-hybridized carbons (Fsp3) is 0.429. The van der Waals surface area contributed by atoms with E-state index < -0.39 is 27.9 Å². The van der Waals surface area contributed by atoms with E-state index in [0.29, 0.717) is 16.3 Å². The van der Waals surface area contributed by atoms with Crippen LogP contribution in [0.4, 0.5) is 10.7 Å². The second kappa shape index (κ2) is 8.77. The largest absolute Gasteiger partial charge is 0.462 e. The van der Waals surface area contributed by atoms with Crippen LogP contribution in [0, 0.1) is 6.92 Å². The lowest BCUT2D eigenvalue weighted by Gasteiger charge is -2.28. The fourth-order valence-electron chi connectivity index (χ4n) is 3.63. The number of hydrogen-bond acceptors (Lipinski definition) is 6. The summed E-state index contributed by atoms with van der Waals surface area (Å²) < 4.78 is 31.2. The van der Waals surface area contributed by atoms with Crippen molar-refractivity contribution in [1.29, 1.82) is 0 Å². The predicted octanol–water partition coefficient (Wildman–Crippen LogP) is 3.52. The number of esters is 1. The molecule has 0 unspecified atom stereocenters. The van der Waals surface area contributed by atoms with Gasteiger partial charge in [0.1, 0.15) is 11.0 Å². The summed E-state index contributed by atoms with van der Waals surface area (Å²) in [7, 11) is -3.71. The van der Waals surface area contributed by atoms with E-state index in [1.165, 1.54) is 18.3 Å². The highest BCUT2D eigenvalue weighted by molar-refractivity contribution is 7.92. The topological polar surface area (TPSA) is 92.8 Å². The minimum absolute atomic E-state index is 0.239. The van der Waals surface area contributed by atoms with E-state index in [9.17, 15) is 18.0 Å². The summed E-state index contributed by atoms with van der Waals surface area (Å²) in [5, 5.41) is 3.21. The Labute approximate surface area is 181 Å². The minimum Gasteiger partial charge on any atom is -0.462 e. The van der Waals surface area contributed by atoms with Crippen LogP contribution in [-0.2, 0) is 32.4 Å². The summed E-state index contributed by atoms with van der Waals surface area (Å²) in [4.78, 5) is 26.6. The lowest BCUT2D eigenvalue weighted by molar-refractivity contribution is -0.116. The Bertz CT molecular complexity index is 1060. The van der Waals surface area contributed by atoms with Crippen LogP contribution >= 0.6 is 11.3 Å². The molecule has 0 aliphatic heterocycles. The average Bonchev–Trinajstić information content (AvgIpc) is 3.23. The van der Waals surface area contributed by atoms with Gasteiger partial charge in [0.2, 0.25) is 15.9 Å². The van der Waals surface area contributed by atoms with Gasteiger partial charge in [-0.05, 0) is 57.7 Å². The maximum Gasteiger partial charge on any atom is 0.341 e. The number of thiophene rings is 1. The lowest BCUT2D eigenvalue weighted by Crippen LogP contribution is -2.45. The molecular weight excluding hydrogens is 424 g/mol. The van der Waals surface area contributed by atoms with E-state index in [-0.39, 0.29) is 6.61 Å². The molecule has 1 heterocycles. The Morgan fingerprint density at radius 1 is 1.23 bits per heavy atom. The third-order valence-corrected chi connectivity index (χ3v) is 7.46. The molecule has 1 aromatic carbocycles. The molecule has 3 rings (SSSR count). The first kappa shape index (κ1) is 22.3. The molecule has 1 aromatic heterocycles. The quantitative estimate of drug-likeness (QED) is 0.652. The van der Waals surface area contributed by atoms with E-state index in [1.807, 2.05) is 6.92 Å². The zero-order valence-corrected chi connectivity index (χ0v) is 19.2. The predicted molar refractivity (Wildman–Crippen MR) is 119 cm³/mol. The Morgan fingerprint density at radius 3 is 2.50 bits per heavy atom. The summed E-state index contributed by atoms with van der Waals surface area (Å²) in [5.74, 6) is -0.968. The van der Waals surface area contributed by atoms with Crippen molar-refractivity contribution in [2.75, 3.05) is 22.5 Å². The standard InChI is InChI=1S/C21H26N2O5S2/c1-5-28-21(25)18-16-7-6-8-17(16)29-20(18)22-19(24)14(3)23(30(4,26)27)15-11-9-13(2)10-12-15/h9-12,14H,5-8H2,1-4H3,(H,22,24)/t14-/m1/s1. The van der Waals surface area contributed by atoms with Gasteiger partial charge < -0.3 is 10.1 Å². The average molecular weight is 451 g/mol. The van der Waals surface area contributed by atoms with Crippen LogP contribution in [0.25, 0.3) is 0 Å². The Balaban J connectivity index is 1.91. The van der Waals surface area contributed by atoms with Crippen LogP contribution in [0.1, 0.15) is 46.6 Å². The third kappa shape index (κ3) is 4.52. The number of hydrogen-bond donors (Lipinski definition) is 1. The molecular formula is C21H26N2O5S2. The van der Waals surface area contributed by atoms with Crippen molar-refractivity contribution in [1.82, 2.24) is 0 Å². The van der Waals surface area contributed by atoms with Crippen LogP contribution in [0.3, 0.4) is 0 Å². The number of aryl methyl sites for hydroxylation is 2. The molecule has 1 aliphatic rings. The smallest absolute Gasteiger partial charge is 0.341 e. The number of nitrogens with one attached hydrogen (secondary N) is 1. The number of sulfonamides is 1. The van der Waals surface area contributed by atoms with Gasteiger partial charge in [-0.15, -0.1) is 11.3 Å². The molecule has 0 saturated heterocycles. The molecule has 9 heteroatoms. The molecule has 7 nitrogen and oxygen atoms in total. The van der Waals surface area contributed by atoms with Crippen molar-refractivity contribution in [2.24, 2.45) is 0 Å². The number of amides is 1. The number of fused-ring (bicyclic) bond motifs is 1. The zero-order chi connectivity index (χ0) is 22.1. The van der Waals surface area contributed by atoms with Gasteiger partial charge in [0.15, 0.2) is 0 Å². The van der Waals surface area contributed by atoms with Gasteiger partial charge in [-0.3, -0.25) is 9.10 Å². The zero-order valence-electron chi connectivity index (χ0n) is 17.5. The summed E-state index contributed by atoms with van der Waals surface area (Å²) in [6, 6.07) is 5.92. The van der Waals surface area contributed by atoms with Crippen LogP contribution in [0.15, 0.2) is 24.3 Å². The van der Waals surface area contributed by atoms with Gasteiger partial charge in [0.25, 0.3) is 0 Å². The summed E-state index contributed by atoms with van der Waals surface area (Å²) >= 11 is 1.36. The minimum atomic E-state index is -3.71. The van der Waals surface area contributed by atoms with Crippen LogP contribution in [-0.4, -0.2) is 39.2 Å². The highest BCUT2D eigenvalue weighted by Gasteiger charge is 2.32. The third-order valence-electron chi connectivity index (χ3n) is 5.01. The number of ether oxygens (including phenoxy) is 1. The Hall–Kier alpha value is -2.39. The van der Waals surface area contributed by atoms with Crippen molar-refractivity contribution in [3.05, 3.63) is 45.8 Å². The van der Waals surface area contributed by atoms with Crippen molar-refractivity contribution < 1.29 is 22.7 Å². The maximum atomic E-state index is 13.0. The summed E-state index contributed by atoms with van der Waals surface area (Å²) in [5.41, 5.74) is 2.72. The van der Waals surface area contributed by atoms with E-state index in [4.69, 9.17) is 4.74 Å². The molecule has 1 atom stereocenters. The van der Waals surface area contributed by atoms with Crippen LogP contribution < -0.4 is 9.62 Å². The van der Waals surface area contributed by atoms with Crippen molar-refractivity contribution in [3.63, 3.8) is 0 Å². The molecule has 162 valence electrons. The molecule has 2 aromatic rings. The highest BCUT2D eigenvalue weighted by atomic mass is 32.2. The normalized spacial score (nSPS) is 14.1. The first-order chi connectivity index (χ1) is 14.1. The van der Waals surface area contributed by atoms with Gasteiger partial charge in [-0.1, -0.05) is 17.7 Å². The van der Waals surface area contributed by atoms with E-state index in [2.05, 4.69) is 5.32 Å². The van der Waals surface area contributed by atoms with Gasteiger partial charge in [-0.2, -0.15) is 0 Å². The first-order valence-corrected chi connectivity index (χ1v) is 12.5. The second-order valence-electron chi connectivity index (χ2n) is 7.34. The second-order valence-corrected chi connectivity index (χ2v) is 10.3. The molecule has 1 amide bonds. The monoisotopic (exact) mass is 450 g/mol. The highest BCUT2D eigenvalue weighted by Crippen LogP contribution is 2.39. The first-order valence-electron chi connectivity index (χ1n) is 9.82. The number of benzene rings is 1. The molecule has 30 heavy (non-hydrogen) atoms. The Kier molecular flexibility index (Phi) is 6.52. The van der Waals surface area contributed by atoms with Gasteiger partial charge in [0.05, 0.1) is 24.1 Å². The molecule has 1 aliphatic carbocycles. The molecule has 0 bridgehead atoms. The van der Waals surface area contributed by atoms with Crippen LogP contribution in [0.2, 0.25) is 0 Å². The van der Waals surface area contributed by atoms with Crippen LogP contribution in [0.5, 0.6) is 0 Å². The number of nitrogens with zero attached hydrogens (tertiary/aromatic N) is 1. The molecule has 0 spiro atoms. The number of anilines is 2. The van der Waals surface area contributed by atoms with Crippen molar-refractivity contribution >= 4 is 43.9 Å². The molecule has 0 fully saturated rings. The maximum absolute atomic E-state index is 13.0. The van der Waals surface area contributed by atoms with E-state index in [1.54, 1.807) is 31.2 Å². The van der Waals surface area contributed by atoms with Crippen molar-refractivity contribution in [3.8, 4) is 0 Å². The van der Waals surface area contributed by atoms with Gasteiger partial charge >= 0.3 is 5.97 Å². The lowest BCUT2D eigenvalue weighted by atomic mass is 10.1. The molecule has 0 radical (unpaired) electrons. The summed E-state index contributed by atoms with van der Waals surface area (Å²) in [6.07, 6.45) is 3.66. The van der Waals surface area contributed by atoms with Crippen molar-refractivity contribution in [2.45, 2.75) is 46.1 Å². The summed E-state index contributed by atoms with van der Waals surface area (Å²) in [6.45, 7) is 5.40. The fourth-order valence-corrected chi connectivity index (χ4v) is 6.08. The SMILES string of the molecule is CCOC(=O)c1c(NC(=O)[C@@H](C)N(c2ccc(C)cc2)S(C)(=O)=O)sc2c1CCC2. The number of rotatable bonds is 7. The van der Waals surface area contributed by atoms with E-state index in [0.717, 1.165) is 45.8 Å². The van der Waals surface area contributed by atoms with E-state index >= 15 is 0 Å². The molecule has 0 saturated carbocycles. The number of carbonyl (C=O) groups is 2. The Morgan fingerprint density at radius 2 is 1.90 bits per heavy atom. The van der Waals surface area contributed by atoms with Gasteiger partial charge in [0, 0.05) is 4.88 Å². The molecule has 1 N–H and O–H groups in total. The number of carbonyl (C=O) groups excluding carboxylic acids is 2.